The van der Waals surface area contributed by atoms with E-state index >= 15 is 0 Å². The van der Waals surface area contributed by atoms with Crippen molar-refractivity contribution in [2.45, 2.75) is 121 Å². The minimum Gasteiger partial charge on any atom is -0.0651 e. The molecule has 26 heavy (non-hydrogen) atoms. The summed E-state index contributed by atoms with van der Waals surface area (Å²) in [5.41, 5.74) is 0. The molecule has 0 rings (SSSR count). The Morgan fingerprint density at radius 2 is 0.731 bits per heavy atom. The van der Waals surface area contributed by atoms with Gasteiger partial charge in [-0.2, -0.15) is 0 Å². The van der Waals surface area contributed by atoms with Crippen LogP contribution < -0.4 is 0 Å². The van der Waals surface area contributed by atoms with Crippen LogP contribution in [0.1, 0.15) is 121 Å². The zero-order chi connectivity index (χ0) is 20.3. The van der Waals surface area contributed by atoms with E-state index in [9.17, 15) is 0 Å². The summed E-state index contributed by atoms with van der Waals surface area (Å²) in [5.74, 6) is 7.05. The Labute approximate surface area is 168 Å². The van der Waals surface area contributed by atoms with Gasteiger partial charge in [0.2, 0.25) is 0 Å². The fourth-order valence-electron chi connectivity index (χ4n) is 5.42. The Balaban J connectivity index is 4.97. The van der Waals surface area contributed by atoms with E-state index in [0.717, 1.165) is 47.3 Å². The van der Waals surface area contributed by atoms with Gasteiger partial charge in [0.05, 0.1) is 0 Å². The van der Waals surface area contributed by atoms with Crippen molar-refractivity contribution in [2.75, 3.05) is 0 Å². The lowest BCUT2D eigenvalue weighted by molar-refractivity contribution is 0.205. The fourth-order valence-corrected chi connectivity index (χ4v) is 5.42. The summed E-state index contributed by atoms with van der Waals surface area (Å²) in [7, 11) is 0. The van der Waals surface area contributed by atoms with Crippen molar-refractivity contribution in [3.63, 3.8) is 0 Å². The average Bonchev–Trinajstić information content (AvgIpc) is 2.43. The molecule has 0 unspecified atom stereocenters. The quantitative estimate of drug-likeness (QED) is 0.271. The number of rotatable bonds is 15. The minimum atomic E-state index is 0.837. The molecule has 0 aromatic heterocycles. The molecule has 0 spiro atoms. The summed E-state index contributed by atoms with van der Waals surface area (Å²) in [6.07, 6.45) is 11.4. The molecule has 0 radical (unpaired) electrons. The van der Waals surface area contributed by atoms with E-state index in [-0.39, 0.29) is 0 Å². The highest BCUT2D eigenvalue weighted by molar-refractivity contribution is 4.75. The third-order valence-corrected chi connectivity index (χ3v) is 5.93. The zero-order valence-electron chi connectivity index (χ0n) is 20.3. The molecule has 0 bridgehead atoms. The lowest BCUT2D eigenvalue weighted by atomic mass is 9.75. The first-order chi connectivity index (χ1) is 12.0. The van der Waals surface area contributed by atoms with Crippen molar-refractivity contribution in [1.82, 2.24) is 0 Å². The molecule has 0 fully saturated rings. The molecule has 0 saturated heterocycles. The molecule has 0 aromatic rings. The number of hydrogen-bond acceptors (Lipinski definition) is 0. The first-order valence-electron chi connectivity index (χ1n) is 12.0. The Morgan fingerprint density at radius 3 is 1.12 bits per heavy atom. The fraction of sp³-hybridized carbons (Fsp3) is 1.00. The van der Waals surface area contributed by atoms with E-state index in [1.807, 2.05) is 0 Å². The molecular weight excluding hydrogens is 312 g/mol. The van der Waals surface area contributed by atoms with E-state index in [4.69, 9.17) is 0 Å². The van der Waals surface area contributed by atoms with Crippen LogP contribution in [0.2, 0.25) is 0 Å². The van der Waals surface area contributed by atoms with E-state index < -0.39 is 0 Å². The molecule has 4 atom stereocenters. The smallest absolute Gasteiger partial charge is 0.0407 e. The van der Waals surface area contributed by atoms with Gasteiger partial charge < -0.3 is 0 Å². The van der Waals surface area contributed by atoms with Crippen molar-refractivity contribution in [1.29, 1.82) is 0 Å². The summed E-state index contributed by atoms with van der Waals surface area (Å²) >= 11 is 0. The molecule has 0 aliphatic heterocycles. The van der Waals surface area contributed by atoms with Crippen LogP contribution >= 0.6 is 0 Å². The van der Waals surface area contributed by atoms with E-state index in [2.05, 4.69) is 69.2 Å². The summed E-state index contributed by atoms with van der Waals surface area (Å²) < 4.78 is 0. The van der Waals surface area contributed by atoms with Crippen LogP contribution in [0.3, 0.4) is 0 Å². The molecule has 0 amide bonds. The van der Waals surface area contributed by atoms with Crippen LogP contribution in [-0.4, -0.2) is 0 Å². The van der Waals surface area contributed by atoms with Gasteiger partial charge in [-0.05, 0) is 92.3 Å². The lowest BCUT2D eigenvalue weighted by Crippen LogP contribution is -2.19. The maximum Gasteiger partial charge on any atom is -0.0407 e. The van der Waals surface area contributed by atoms with Crippen LogP contribution in [0.5, 0.6) is 0 Å². The largest absolute Gasteiger partial charge is 0.0651 e. The van der Waals surface area contributed by atoms with Crippen LogP contribution in [-0.2, 0) is 0 Å². The van der Waals surface area contributed by atoms with E-state index in [1.54, 1.807) is 0 Å². The first kappa shape index (κ1) is 26.0. The van der Waals surface area contributed by atoms with Gasteiger partial charge >= 0.3 is 0 Å². The second-order valence-electron chi connectivity index (χ2n) is 11.3. The molecule has 0 saturated carbocycles. The predicted molar refractivity (Wildman–Crippen MR) is 122 cm³/mol. The molecule has 0 N–H and O–H groups in total. The van der Waals surface area contributed by atoms with Gasteiger partial charge in [-0.3, -0.25) is 0 Å². The molecule has 158 valence electrons. The molecule has 0 nitrogen and oxygen atoms in total. The third kappa shape index (κ3) is 14.1. The molecule has 0 aliphatic rings. The van der Waals surface area contributed by atoms with Crippen molar-refractivity contribution < 1.29 is 0 Å². The SMILES string of the molecule is CC[C@@H](CC(C)C)C[C@@H](CC(C)C)C[C@@H](CC(C)C)C[C@H](C)CC(C)C. The van der Waals surface area contributed by atoms with Crippen LogP contribution in [0.25, 0.3) is 0 Å². The highest BCUT2D eigenvalue weighted by Gasteiger charge is 2.23. The molecular formula is C26H54. The second-order valence-corrected chi connectivity index (χ2v) is 11.3. The molecule has 0 heterocycles. The Hall–Kier alpha value is 0. The summed E-state index contributed by atoms with van der Waals surface area (Å²) in [5, 5.41) is 0. The van der Waals surface area contributed by atoms with Gasteiger partial charge in [0.1, 0.15) is 0 Å². The van der Waals surface area contributed by atoms with Gasteiger partial charge in [-0.15, -0.1) is 0 Å². The van der Waals surface area contributed by atoms with Crippen LogP contribution in [0.15, 0.2) is 0 Å². The first-order valence-corrected chi connectivity index (χ1v) is 12.0. The predicted octanol–water partition coefficient (Wildman–Crippen LogP) is 9.24. The average molecular weight is 367 g/mol. The van der Waals surface area contributed by atoms with Gasteiger partial charge in [-0.1, -0.05) is 75.7 Å². The van der Waals surface area contributed by atoms with Gasteiger partial charge in [0, 0.05) is 0 Å². The van der Waals surface area contributed by atoms with Crippen molar-refractivity contribution >= 4 is 0 Å². The second kappa shape index (κ2) is 14.1. The summed E-state index contributed by atoms with van der Waals surface area (Å²) in [6, 6.07) is 0. The van der Waals surface area contributed by atoms with Gasteiger partial charge in [0.15, 0.2) is 0 Å². The highest BCUT2D eigenvalue weighted by atomic mass is 14.3. The summed E-state index contributed by atoms with van der Waals surface area (Å²) in [4.78, 5) is 0. The zero-order valence-corrected chi connectivity index (χ0v) is 20.3. The van der Waals surface area contributed by atoms with E-state index in [1.165, 1.54) is 51.4 Å². The molecule has 0 aliphatic carbocycles. The Bertz CT molecular complexity index is 312. The molecule has 0 heteroatoms. The standard InChI is InChI=1S/C26H54/c1-11-24(13-20(4)5)17-26(15-22(8)9)18-25(14-21(6)7)16-23(10)12-19(2)3/h19-26H,11-18H2,1-10H3/t23-,24+,25+,26-/m1/s1. The lowest BCUT2D eigenvalue weighted by Gasteiger charge is -2.31. The van der Waals surface area contributed by atoms with Crippen LogP contribution in [0, 0.1) is 47.3 Å². The third-order valence-electron chi connectivity index (χ3n) is 5.93. The van der Waals surface area contributed by atoms with Crippen molar-refractivity contribution in [3.05, 3.63) is 0 Å². The topological polar surface area (TPSA) is 0 Å². The molecule has 0 aromatic carbocycles. The van der Waals surface area contributed by atoms with E-state index in [0.29, 0.717) is 0 Å². The normalized spacial score (nSPS) is 17.3. The van der Waals surface area contributed by atoms with Gasteiger partial charge in [0.25, 0.3) is 0 Å². The number of hydrogen-bond donors (Lipinski definition) is 0. The van der Waals surface area contributed by atoms with Crippen molar-refractivity contribution in [3.8, 4) is 0 Å². The Morgan fingerprint density at radius 1 is 0.385 bits per heavy atom. The van der Waals surface area contributed by atoms with Crippen molar-refractivity contribution in [2.24, 2.45) is 47.3 Å². The Kier molecular flexibility index (Phi) is 14.1. The van der Waals surface area contributed by atoms with Crippen LogP contribution in [0.4, 0.5) is 0 Å². The minimum absolute atomic E-state index is 0.837. The maximum absolute atomic E-state index is 2.50. The van der Waals surface area contributed by atoms with Gasteiger partial charge in [-0.25, -0.2) is 0 Å². The monoisotopic (exact) mass is 366 g/mol. The summed E-state index contributed by atoms with van der Waals surface area (Å²) in [6.45, 7) is 24.2. The maximum atomic E-state index is 2.50. The highest BCUT2D eigenvalue weighted by Crippen LogP contribution is 2.35.